The number of carbonyl (C=O) groups is 1. The van der Waals surface area contributed by atoms with Crippen LogP contribution in [0, 0.1) is 0 Å². The van der Waals surface area contributed by atoms with E-state index in [1.807, 2.05) is 16.2 Å². The standard InChI is InChI=1S/C17H28N4OS/c1-3-19-7-9-20(10-8-19)14(2)12-18-17(22)21-6-4-16-15(13-21)5-11-23-16/h5,11,14H,3-4,6-10,12-13H2,1-2H3,(H,18,22)/t14-/m0/s1. The quantitative estimate of drug-likeness (QED) is 0.912. The molecule has 0 bridgehead atoms. The second kappa shape index (κ2) is 7.64. The SMILES string of the molecule is CCN1CCN([C@@H](C)CNC(=O)N2CCc3sccc3C2)CC1. The molecule has 0 aliphatic carbocycles. The Labute approximate surface area is 143 Å². The minimum atomic E-state index is 0.0842. The molecule has 1 aromatic rings. The number of likely N-dealkylation sites (N-methyl/N-ethyl adjacent to an activating group) is 1. The Hall–Kier alpha value is -1.11. The second-order valence-corrected chi connectivity index (χ2v) is 7.55. The van der Waals surface area contributed by atoms with Gasteiger partial charge in [0.25, 0.3) is 0 Å². The number of fused-ring (bicyclic) bond motifs is 1. The molecule has 1 aromatic heterocycles. The normalized spacial score (nSPS) is 21.0. The van der Waals surface area contributed by atoms with Gasteiger partial charge in [0.05, 0.1) is 0 Å². The minimum absolute atomic E-state index is 0.0842. The van der Waals surface area contributed by atoms with E-state index >= 15 is 0 Å². The van der Waals surface area contributed by atoms with Crippen LogP contribution in [0.1, 0.15) is 24.3 Å². The molecule has 0 saturated carbocycles. The van der Waals surface area contributed by atoms with Gasteiger partial charge in [-0.25, -0.2) is 4.79 Å². The predicted molar refractivity (Wildman–Crippen MR) is 95.0 cm³/mol. The number of piperazine rings is 1. The van der Waals surface area contributed by atoms with E-state index in [0.717, 1.165) is 58.8 Å². The molecule has 0 spiro atoms. The summed E-state index contributed by atoms with van der Waals surface area (Å²) < 4.78 is 0. The Morgan fingerprint density at radius 2 is 2.09 bits per heavy atom. The molecule has 3 rings (SSSR count). The van der Waals surface area contributed by atoms with Gasteiger partial charge in [0.2, 0.25) is 0 Å². The Morgan fingerprint density at radius 3 is 2.83 bits per heavy atom. The van der Waals surface area contributed by atoms with Crippen molar-refractivity contribution in [3.63, 3.8) is 0 Å². The van der Waals surface area contributed by atoms with Gasteiger partial charge in [-0.05, 0) is 36.9 Å². The number of thiophene rings is 1. The summed E-state index contributed by atoms with van der Waals surface area (Å²) in [4.78, 5) is 20.8. The number of carbonyl (C=O) groups excluding carboxylic acids is 1. The zero-order chi connectivity index (χ0) is 16.2. The lowest BCUT2D eigenvalue weighted by molar-refractivity contribution is 0.105. The molecule has 1 saturated heterocycles. The highest BCUT2D eigenvalue weighted by Gasteiger charge is 2.23. The van der Waals surface area contributed by atoms with E-state index in [2.05, 4.69) is 40.4 Å². The summed E-state index contributed by atoms with van der Waals surface area (Å²) in [6.45, 7) is 12.4. The Morgan fingerprint density at radius 1 is 1.30 bits per heavy atom. The molecule has 1 fully saturated rings. The van der Waals surface area contributed by atoms with Crippen molar-refractivity contribution in [2.24, 2.45) is 0 Å². The van der Waals surface area contributed by atoms with E-state index in [4.69, 9.17) is 0 Å². The molecule has 1 atom stereocenters. The molecule has 128 valence electrons. The van der Waals surface area contributed by atoms with Crippen LogP contribution in [0.2, 0.25) is 0 Å². The minimum Gasteiger partial charge on any atom is -0.336 e. The van der Waals surface area contributed by atoms with Crippen molar-refractivity contribution in [2.75, 3.05) is 45.8 Å². The largest absolute Gasteiger partial charge is 0.336 e. The first-order chi connectivity index (χ1) is 11.2. The summed E-state index contributed by atoms with van der Waals surface area (Å²) >= 11 is 1.81. The van der Waals surface area contributed by atoms with Crippen molar-refractivity contribution in [3.8, 4) is 0 Å². The van der Waals surface area contributed by atoms with Crippen LogP contribution in [-0.4, -0.2) is 72.6 Å². The first kappa shape index (κ1) is 16.7. The average Bonchev–Trinajstić information content (AvgIpc) is 3.07. The fourth-order valence-electron chi connectivity index (χ4n) is 3.42. The molecule has 1 N–H and O–H groups in total. The summed E-state index contributed by atoms with van der Waals surface area (Å²) in [5, 5.41) is 5.26. The number of hydrogen-bond acceptors (Lipinski definition) is 4. The molecule has 0 radical (unpaired) electrons. The Balaban J connectivity index is 1.42. The first-order valence-corrected chi connectivity index (χ1v) is 9.59. The summed E-state index contributed by atoms with van der Waals surface area (Å²) in [6, 6.07) is 2.63. The molecule has 23 heavy (non-hydrogen) atoms. The van der Waals surface area contributed by atoms with Crippen LogP contribution in [0.3, 0.4) is 0 Å². The van der Waals surface area contributed by atoms with Crippen LogP contribution in [0.25, 0.3) is 0 Å². The number of amides is 2. The van der Waals surface area contributed by atoms with Gasteiger partial charge in [-0.3, -0.25) is 4.90 Å². The molecule has 0 aromatic carbocycles. The summed E-state index contributed by atoms with van der Waals surface area (Å²) in [5.41, 5.74) is 1.32. The molecule has 2 aliphatic rings. The number of nitrogens with one attached hydrogen (secondary N) is 1. The molecule has 2 amide bonds. The van der Waals surface area contributed by atoms with Gasteiger partial charge in [0, 0.05) is 56.7 Å². The lowest BCUT2D eigenvalue weighted by atomic mass is 10.1. The van der Waals surface area contributed by atoms with Crippen LogP contribution >= 0.6 is 11.3 Å². The van der Waals surface area contributed by atoms with Crippen molar-refractivity contribution in [1.82, 2.24) is 20.0 Å². The van der Waals surface area contributed by atoms with Gasteiger partial charge in [0.1, 0.15) is 0 Å². The van der Waals surface area contributed by atoms with Gasteiger partial charge in [0.15, 0.2) is 0 Å². The average molecular weight is 337 g/mol. The number of nitrogens with zero attached hydrogens (tertiary/aromatic N) is 3. The summed E-state index contributed by atoms with van der Waals surface area (Å²) in [5.74, 6) is 0. The highest BCUT2D eigenvalue weighted by atomic mass is 32.1. The molecule has 5 nitrogen and oxygen atoms in total. The molecular weight excluding hydrogens is 308 g/mol. The maximum absolute atomic E-state index is 12.4. The smallest absolute Gasteiger partial charge is 0.317 e. The van der Waals surface area contributed by atoms with Crippen LogP contribution in [0.15, 0.2) is 11.4 Å². The molecular formula is C17H28N4OS. The number of rotatable bonds is 4. The van der Waals surface area contributed by atoms with Gasteiger partial charge >= 0.3 is 6.03 Å². The Bertz CT molecular complexity index is 524. The molecule has 6 heteroatoms. The zero-order valence-corrected chi connectivity index (χ0v) is 15.1. The molecule has 3 heterocycles. The van der Waals surface area contributed by atoms with Gasteiger partial charge in [-0.15, -0.1) is 11.3 Å². The van der Waals surface area contributed by atoms with Gasteiger partial charge < -0.3 is 15.1 Å². The van der Waals surface area contributed by atoms with E-state index in [0.29, 0.717) is 6.04 Å². The van der Waals surface area contributed by atoms with Gasteiger partial charge in [-0.1, -0.05) is 6.92 Å². The maximum Gasteiger partial charge on any atom is 0.317 e. The van der Waals surface area contributed by atoms with Crippen molar-refractivity contribution < 1.29 is 4.79 Å². The monoisotopic (exact) mass is 336 g/mol. The van der Waals surface area contributed by atoms with E-state index in [9.17, 15) is 4.79 Å². The fourth-order valence-corrected chi connectivity index (χ4v) is 4.31. The lowest BCUT2D eigenvalue weighted by Gasteiger charge is -2.38. The Kier molecular flexibility index (Phi) is 5.56. The topological polar surface area (TPSA) is 38.8 Å². The third-order valence-electron chi connectivity index (χ3n) is 5.12. The van der Waals surface area contributed by atoms with Crippen molar-refractivity contribution >= 4 is 17.4 Å². The lowest BCUT2D eigenvalue weighted by Crippen LogP contribution is -2.53. The van der Waals surface area contributed by atoms with Crippen LogP contribution < -0.4 is 5.32 Å². The van der Waals surface area contributed by atoms with Crippen molar-refractivity contribution in [3.05, 3.63) is 21.9 Å². The molecule has 0 unspecified atom stereocenters. The van der Waals surface area contributed by atoms with E-state index < -0.39 is 0 Å². The fraction of sp³-hybridized carbons (Fsp3) is 0.706. The van der Waals surface area contributed by atoms with Crippen LogP contribution in [0.5, 0.6) is 0 Å². The third kappa shape index (κ3) is 4.05. The third-order valence-corrected chi connectivity index (χ3v) is 6.14. The van der Waals surface area contributed by atoms with Crippen molar-refractivity contribution in [1.29, 1.82) is 0 Å². The highest BCUT2D eigenvalue weighted by Crippen LogP contribution is 2.23. The maximum atomic E-state index is 12.4. The van der Waals surface area contributed by atoms with Crippen LogP contribution in [0.4, 0.5) is 4.79 Å². The predicted octanol–water partition coefficient (Wildman–Crippen LogP) is 1.84. The van der Waals surface area contributed by atoms with Crippen molar-refractivity contribution in [2.45, 2.75) is 32.9 Å². The zero-order valence-electron chi connectivity index (χ0n) is 14.3. The van der Waals surface area contributed by atoms with E-state index in [1.165, 1.54) is 10.4 Å². The highest BCUT2D eigenvalue weighted by molar-refractivity contribution is 7.10. The number of hydrogen-bond donors (Lipinski definition) is 1. The van der Waals surface area contributed by atoms with E-state index in [1.54, 1.807) is 0 Å². The molecule has 2 aliphatic heterocycles. The summed E-state index contributed by atoms with van der Waals surface area (Å²) in [6.07, 6.45) is 0.995. The summed E-state index contributed by atoms with van der Waals surface area (Å²) in [7, 11) is 0. The first-order valence-electron chi connectivity index (χ1n) is 8.71. The number of urea groups is 1. The van der Waals surface area contributed by atoms with Gasteiger partial charge in [-0.2, -0.15) is 0 Å². The van der Waals surface area contributed by atoms with Crippen LogP contribution in [-0.2, 0) is 13.0 Å². The second-order valence-electron chi connectivity index (χ2n) is 6.55. The van der Waals surface area contributed by atoms with E-state index in [-0.39, 0.29) is 6.03 Å².